The number of amides is 1. The molecule has 1 atom stereocenters. The Kier molecular flexibility index (Phi) is 4.37. The fourth-order valence-electron chi connectivity index (χ4n) is 2.63. The lowest BCUT2D eigenvalue weighted by atomic mass is 9.96. The van der Waals surface area contributed by atoms with Crippen LogP contribution in [-0.2, 0) is 11.2 Å². The van der Waals surface area contributed by atoms with Gasteiger partial charge in [0.2, 0.25) is 5.91 Å². The highest BCUT2D eigenvalue weighted by atomic mass is 16.5. The first-order valence-corrected chi connectivity index (χ1v) is 7.45. The molecule has 0 bridgehead atoms. The van der Waals surface area contributed by atoms with Gasteiger partial charge >= 0.3 is 0 Å². The minimum absolute atomic E-state index is 0.0806. The van der Waals surface area contributed by atoms with Crippen molar-refractivity contribution < 1.29 is 19.0 Å². The Morgan fingerprint density at radius 3 is 2.78 bits per heavy atom. The molecular weight excluding hydrogens is 294 g/mol. The van der Waals surface area contributed by atoms with Gasteiger partial charge in [-0.05, 0) is 30.2 Å². The number of anilines is 1. The quantitative estimate of drug-likeness (QED) is 0.943. The summed E-state index contributed by atoms with van der Waals surface area (Å²) in [6, 6.07) is 13.1. The summed E-state index contributed by atoms with van der Waals surface area (Å²) >= 11 is 0. The van der Waals surface area contributed by atoms with E-state index in [1.54, 1.807) is 32.4 Å². The van der Waals surface area contributed by atoms with Crippen LogP contribution in [-0.4, -0.2) is 26.7 Å². The number of hydrogen-bond acceptors (Lipinski definition) is 4. The van der Waals surface area contributed by atoms with Gasteiger partial charge in [0.15, 0.2) is 0 Å². The van der Waals surface area contributed by atoms with Crippen LogP contribution in [0.4, 0.5) is 5.69 Å². The molecule has 1 heterocycles. The summed E-state index contributed by atoms with van der Waals surface area (Å²) < 4.78 is 16.1. The van der Waals surface area contributed by atoms with Crippen LogP contribution in [0.5, 0.6) is 17.2 Å². The van der Waals surface area contributed by atoms with E-state index in [0.29, 0.717) is 30.2 Å². The van der Waals surface area contributed by atoms with Crippen LogP contribution in [0.1, 0.15) is 5.56 Å². The van der Waals surface area contributed by atoms with Gasteiger partial charge in [-0.3, -0.25) is 4.79 Å². The molecule has 5 nitrogen and oxygen atoms in total. The van der Waals surface area contributed by atoms with Crippen molar-refractivity contribution in [3.63, 3.8) is 0 Å². The number of nitrogens with one attached hydrogen (secondary N) is 1. The molecule has 0 aliphatic carbocycles. The molecule has 1 aliphatic heterocycles. The molecule has 0 unspecified atom stereocenters. The molecule has 2 aromatic rings. The van der Waals surface area contributed by atoms with Crippen molar-refractivity contribution in [3.05, 3.63) is 48.0 Å². The normalized spacial score (nSPS) is 16.0. The Bertz CT molecular complexity index is 714. The first-order chi connectivity index (χ1) is 11.2. The van der Waals surface area contributed by atoms with Crippen molar-refractivity contribution in [3.8, 4) is 17.2 Å². The molecule has 3 rings (SSSR count). The second kappa shape index (κ2) is 6.60. The molecule has 0 spiro atoms. The maximum absolute atomic E-state index is 12.5. The standard InChI is InChI=1S/C18H19NO4/c1-21-14-7-8-15(17(10-14)22-2)19-18(20)13-9-12-5-3-4-6-16(12)23-11-13/h3-8,10,13H,9,11H2,1-2H3,(H,19,20)/t13-/m0/s1. The van der Waals surface area contributed by atoms with Crippen LogP contribution >= 0.6 is 0 Å². The van der Waals surface area contributed by atoms with Gasteiger partial charge in [-0.1, -0.05) is 18.2 Å². The molecule has 0 fully saturated rings. The fourth-order valence-corrected chi connectivity index (χ4v) is 2.63. The Balaban J connectivity index is 1.73. The number of carbonyl (C=O) groups is 1. The van der Waals surface area contributed by atoms with Gasteiger partial charge in [-0.25, -0.2) is 0 Å². The van der Waals surface area contributed by atoms with Crippen molar-refractivity contribution in [1.29, 1.82) is 0 Å². The minimum Gasteiger partial charge on any atom is -0.497 e. The summed E-state index contributed by atoms with van der Waals surface area (Å²) in [5.41, 5.74) is 1.68. The number of rotatable bonds is 4. The lowest BCUT2D eigenvalue weighted by molar-refractivity contribution is -0.121. The predicted molar refractivity (Wildman–Crippen MR) is 87.3 cm³/mol. The summed E-state index contributed by atoms with van der Waals surface area (Å²) in [6.07, 6.45) is 0.667. The number of hydrogen-bond donors (Lipinski definition) is 1. The van der Waals surface area contributed by atoms with Crippen LogP contribution in [0.15, 0.2) is 42.5 Å². The highest BCUT2D eigenvalue weighted by Crippen LogP contribution is 2.31. The molecule has 0 radical (unpaired) electrons. The van der Waals surface area contributed by atoms with Gasteiger partial charge in [-0.2, -0.15) is 0 Å². The summed E-state index contributed by atoms with van der Waals surface area (Å²) in [5, 5.41) is 2.91. The van der Waals surface area contributed by atoms with E-state index in [1.165, 1.54) is 0 Å². The molecule has 0 saturated heterocycles. The molecule has 23 heavy (non-hydrogen) atoms. The van der Waals surface area contributed by atoms with E-state index in [1.807, 2.05) is 24.3 Å². The largest absolute Gasteiger partial charge is 0.497 e. The average molecular weight is 313 g/mol. The molecule has 1 N–H and O–H groups in total. The van der Waals surface area contributed by atoms with E-state index in [2.05, 4.69) is 5.32 Å². The minimum atomic E-state index is -0.225. The summed E-state index contributed by atoms with van der Waals surface area (Å²) in [5.74, 6) is 1.79. The number of fused-ring (bicyclic) bond motifs is 1. The van der Waals surface area contributed by atoms with Gasteiger partial charge < -0.3 is 19.5 Å². The van der Waals surface area contributed by atoms with E-state index < -0.39 is 0 Å². The number of methoxy groups -OCH3 is 2. The topological polar surface area (TPSA) is 56.8 Å². The first kappa shape index (κ1) is 15.2. The van der Waals surface area contributed by atoms with Crippen LogP contribution < -0.4 is 19.5 Å². The second-order valence-electron chi connectivity index (χ2n) is 5.38. The zero-order chi connectivity index (χ0) is 16.2. The molecule has 2 aromatic carbocycles. The summed E-state index contributed by atoms with van der Waals surface area (Å²) in [6.45, 7) is 0.376. The lowest BCUT2D eigenvalue weighted by Crippen LogP contribution is -2.32. The van der Waals surface area contributed by atoms with Crippen molar-refractivity contribution in [2.24, 2.45) is 5.92 Å². The van der Waals surface area contributed by atoms with Crippen LogP contribution in [0.25, 0.3) is 0 Å². The van der Waals surface area contributed by atoms with Crippen LogP contribution in [0.3, 0.4) is 0 Å². The molecule has 1 aliphatic rings. The first-order valence-electron chi connectivity index (χ1n) is 7.45. The third-order valence-electron chi connectivity index (χ3n) is 3.92. The maximum atomic E-state index is 12.5. The molecule has 120 valence electrons. The second-order valence-corrected chi connectivity index (χ2v) is 5.38. The SMILES string of the molecule is COc1ccc(NC(=O)[C@@H]2COc3ccccc3C2)c(OC)c1. The average Bonchev–Trinajstić information content (AvgIpc) is 2.61. The third kappa shape index (κ3) is 3.23. The van der Waals surface area contributed by atoms with Crippen molar-refractivity contribution in [1.82, 2.24) is 0 Å². The molecular formula is C18H19NO4. The van der Waals surface area contributed by atoms with E-state index in [4.69, 9.17) is 14.2 Å². The molecule has 5 heteroatoms. The molecule has 0 aromatic heterocycles. The number of para-hydroxylation sites is 1. The van der Waals surface area contributed by atoms with Crippen molar-refractivity contribution in [2.45, 2.75) is 6.42 Å². The van der Waals surface area contributed by atoms with Gasteiger partial charge in [0, 0.05) is 6.07 Å². The fraction of sp³-hybridized carbons (Fsp3) is 0.278. The Morgan fingerprint density at radius 1 is 1.17 bits per heavy atom. The molecule has 0 saturated carbocycles. The van der Waals surface area contributed by atoms with Gasteiger partial charge in [0.1, 0.15) is 23.9 Å². The van der Waals surface area contributed by atoms with Gasteiger partial charge in [0.05, 0.1) is 25.8 Å². The van der Waals surface area contributed by atoms with Crippen molar-refractivity contribution in [2.75, 3.05) is 26.1 Å². The third-order valence-corrected chi connectivity index (χ3v) is 3.92. The van der Waals surface area contributed by atoms with E-state index in [9.17, 15) is 4.79 Å². The zero-order valence-electron chi connectivity index (χ0n) is 13.2. The number of ether oxygens (including phenoxy) is 3. The zero-order valence-corrected chi connectivity index (χ0v) is 13.2. The Morgan fingerprint density at radius 2 is 2.00 bits per heavy atom. The summed E-state index contributed by atoms with van der Waals surface area (Å²) in [7, 11) is 3.15. The number of benzene rings is 2. The van der Waals surface area contributed by atoms with E-state index in [-0.39, 0.29) is 11.8 Å². The highest BCUT2D eigenvalue weighted by molar-refractivity contribution is 5.94. The summed E-state index contributed by atoms with van der Waals surface area (Å²) in [4.78, 5) is 12.5. The number of carbonyl (C=O) groups excluding carboxylic acids is 1. The maximum Gasteiger partial charge on any atom is 0.231 e. The van der Waals surface area contributed by atoms with Crippen LogP contribution in [0.2, 0.25) is 0 Å². The highest BCUT2D eigenvalue weighted by Gasteiger charge is 2.26. The predicted octanol–water partition coefficient (Wildman–Crippen LogP) is 2.89. The van der Waals surface area contributed by atoms with E-state index >= 15 is 0 Å². The Labute approximate surface area is 135 Å². The van der Waals surface area contributed by atoms with Crippen molar-refractivity contribution >= 4 is 11.6 Å². The molecule has 1 amide bonds. The van der Waals surface area contributed by atoms with Gasteiger partial charge in [-0.15, -0.1) is 0 Å². The Hall–Kier alpha value is -2.69. The lowest BCUT2D eigenvalue weighted by Gasteiger charge is -2.24. The smallest absolute Gasteiger partial charge is 0.231 e. The van der Waals surface area contributed by atoms with E-state index in [0.717, 1.165) is 11.3 Å². The monoisotopic (exact) mass is 313 g/mol. The van der Waals surface area contributed by atoms with Crippen LogP contribution in [0, 0.1) is 5.92 Å². The van der Waals surface area contributed by atoms with Gasteiger partial charge in [0.25, 0.3) is 0 Å².